The summed E-state index contributed by atoms with van der Waals surface area (Å²) in [5.74, 6) is 0.525. The maximum Gasteiger partial charge on any atom is 0.245 e. The van der Waals surface area contributed by atoms with E-state index in [4.69, 9.17) is 0 Å². The Morgan fingerprint density at radius 2 is 1.58 bits per heavy atom. The van der Waals surface area contributed by atoms with Gasteiger partial charge in [-0.3, -0.25) is 14.5 Å². The first-order valence-electron chi connectivity index (χ1n) is 9.65. The Hall–Kier alpha value is -1.88. The second-order valence-electron chi connectivity index (χ2n) is 7.92. The molecule has 1 atom stereocenters. The van der Waals surface area contributed by atoms with E-state index in [-0.39, 0.29) is 17.7 Å². The number of rotatable bonds is 6. The number of nitrogens with zero attached hydrogens (tertiary/aromatic N) is 2. The number of nitrogens with one attached hydrogen (secondary N) is 1. The van der Waals surface area contributed by atoms with Gasteiger partial charge >= 0.3 is 0 Å². The van der Waals surface area contributed by atoms with Crippen molar-refractivity contribution in [2.24, 2.45) is 5.92 Å². The molecule has 5 heteroatoms. The third-order valence-electron chi connectivity index (χ3n) is 5.03. The monoisotopic (exact) mass is 359 g/mol. The average molecular weight is 360 g/mol. The summed E-state index contributed by atoms with van der Waals surface area (Å²) >= 11 is 0. The highest BCUT2D eigenvalue weighted by Crippen LogP contribution is 2.17. The number of benzene rings is 1. The molecule has 2 amide bonds. The number of carbonyl (C=O) groups is 2. The van der Waals surface area contributed by atoms with Crippen LogP contribution in [0, 0.1) is 5.92 Å². The van der Waals surface area contributed by atoms with Crippen molar-refractivity contribution in [1.29, 1.82) is 0 Å². The zero-order valence-corrected chi connectivity index (χ0v) is 16.8. The van der Waals surface area contributed by atoms with E-state index in [9.17, 15) is 9.59 Å². The van der Waals surface area contributed by atoms with E-state index in [1.165, 1.54) is 18.1 Å². The number of piperazine rings is 1. The van der Waals surface area contributed by atoms with Gasteiger partial charge < -0.3 is 10.2 Å². The second-order valence-corrected chi connectivity index (χ2v) is 7.92. The highest BCUT2D eigenvalue weighted by molar-refractivity contribution is 5.87. The molecule has 1 aromatic rings. The lowest BCUT2D eigenvalue weighted by atomic mass is 10.0. The molecule has 1 aromatic carbocycles. The van der Waals surface area contributed by atoms with E-state index in [0.29, 0.717) is 19.0 Å². The molecule has 0 aromatic heterocycles. The van der Waals surface area contributed by atoms with Crippen LogP contribution in [0.3, 0.4) is 0 Å². The summed E-state index contributed by atoms with van der Waals surface area (Å²) in [7, 11) is 0. The molecule has 0 spiro atoms. The van der Waals surface area contributed by atoms with Gasteiger partial charge in [0.1, 0.15) is 6.04 Å². The minimum absolute atomic E-state index is 0.0381. The molecule has 1 N–H and O–H groups in total. The minimum atomic E-state index is -0.428. The van der Waals surface area contributed by atoms with Gasteiger partial charge in [0.2, 0.25) is 11.8 Å². The number of hydrogen-bond donors (Lipinski definition) is 1. The highest BCUT2D eigenvalue weighted by Gasteiger charge is 2.29. The van der Waals surface area contributed by atoms with Crippen molar-refractivity contribution in [3.63, 3.8) is 0 Å². The zero-order valence-electron chi connectivity index (χ0n) is 16.8. The average Bonchev–Trinajstić information content (AvgIpc) is 2.60. The van der Waals surface area contributed by atoms with Crippen molar-refractivity contribution < 1.29 is 9.59 Å². The topological polar surface area (TPSA) is 52.7 Å². The molecule has 0 radical (unpaired) electrons. The van der Waals surface area contributed by atoms with Crippen molar-refractivity contribution in [2.45, 2.75) is 53.1 Å². The first-order valence-corrected chi connectivity index (χ1v) is 9.65. The summed E-state index contributed by atoms with van der Waals surface area (Å²) < 4.78 is 0. The van der Waals surface area contributed by atoms with Gasteiger partial charge in [0.05, 0.1) is 0 Å². The lowest BCUT2D eigenvalue weighted by molar-refractivity contribution is -0.138. The van der Waals surface area contributed by atoms with Crippen molar-refractivity contribution >= 4 is 11.8 Å². The number of hydrogen-bond acceptors (Lipinski definition) is 3. The molecule has 1 fully saturated rings. The van der Waals surface area contributed by atoms with Gasteiger partial charge in [-0.2, -0.15) is 0 Å². The van der Waals surface area contributed by atoms with Gasteiger partial charge in [-0.15, -0.1) is 0 Å². The van der Waals surface area contributed by atoms with E-state index in [1.54, 1.807) is 0 Å². The maximum atomic E-state index is 12.7. The second kappa shape index (κ2) is 9.17. The van der Waals surface area contributed by atoms with E-state index in [2.05, 4.69) is 48.3 Å². The normalized spacial score (nSPS) is 16.8. The van der Waals surface area contributed by atoms with Gasteiger partial charge in [-0.25, -0.2) is 0 Å². The Bertz CT molecular complexity index is 602. The molecule has 0 aliphatic carbocycles. The molecular weight excluding hydrogens is 326 g/mol. The van der Waals surface area contributed by atoms with Crippen LogP contribution >= 0.6 is 0 Å². The van der Waals surface area contributed by atoms with Crippen molar-refractivity contribution in [3.05, 3.63) is 35.4 Å². The van der Waals surface area contributed by atoms with Crippen LogP contribution in [-0.2, 0) is 16.1 Å². The SMILES string of the molecule is CC(=O)N[C@H](C(=O)N1CCN(Cc2ccc(C(C)C)cc2)CC1)C(C)C. The molecular formula is C21H33N3O2. The predicted octanol–water partition coefficient (Wildman–Crippen LogP) is 2.61. The van der Waals surface area contributed by atoms with E-state index in [1.807, 2.05) is 18.7 Å². The summed E-state index contributed by atoms with van der Waals surface area (Å²) in [4.78, 5) is 28.4. The number of carbonyl (C=O) groups excluding carboxylic acids is 2. The van der Waals surface area contributed by atoms with Crippen LogP contribution in [0.5, 0.6) is 0 Å². The Morgan fingerprint density at radius 3 is 2.04 bits per heavy atom. The van der Waals surface area contributed by atoms with E-state index < -0.39 is 6.04 Å². The van der Waals surface area contributed by atoms with Crippen molar-refractivity contribution in [1.82, 2.24) is 15.1 Å². The number of amides is 2. The van der Waals surface area contributed by atoms with Crippen LogP contribution in [0.1, 0.15) is 51.7 Å². The summed E-state index contributed by atoms with van der Waals surface area (Å²) in [5, 5.41) is 2.80. The molecule has 0 bridgehead atoms. The van der Waals surface area contributed by atoms with Crippen LogP contribution in [0.15, 0.2) is 24.3 Å². The molecule has 1 heterocycles. The maximum absolute atomic E-state index is 12.7. The molecule has 5 nitrogen and oxygen atoms in total. The zero-order chi connectivity index (χ0) is 19.3. The van der Waals surface area contributed by atoms with Gasteiger partial charge in [-0.1, -0.05) is 52.0 Å². The van der Waals surface area contributed by atoms with Crippen LogP contribution in [0.2, 0.25) is 0 Å². The van der Waals surface area contributed by atoms with Crippen LogP contribution in [0.4, 0.5) is 0 Å². The lowest BCUT2D eigenvalue weighted by Gasteiger charge is -2.37. The fraction of sp³-hybridized carbons (Fsp3) is 0.619. The van der Waals surface area contributed by atoms with E-state index in [0.717, 1.165) is 19.6 Å². The molecule has 144 valence electrons. The predicted molar refractivity (Wildman–Crippen MR) is 105 cm³/mol. The van der Waals surface area contributed by atoms with Gasteiger partial charge in [0.25, 0.3) is 0 Å². The van der Waals surface area contributed by atoms with Crippen LogP contribution in [-0.4, -0.2) is 53.8 Å². The van der Waals surface area contributed by atoms with Gasteiger partial charge in [0, 0.05) is 39.6 Å². The minimum Gasteiger partial charge on any atom is -0.344 e. The summed E-state index contributed by atoms with van der Waals surface area (Å²) in [5.41, 5.74) is 2.68. The van der Waals surface area contributed by atoms with Crippen LogP contribution in [0.25, 0.3) is 0 Å². The largest absolute Gasteiger partial charge is 0.344 e. The summed E-state index contributed by atoms with van der Waals surface area (Å²) in [6, 6.07) is 8.40. The van der Waals surface area contributed by atoms with Gasteiger partial charge in [0.15, 0.2) is 0 Å². The molecule has 1 aliphatic heterocycles. The fourth-order valence-electron chi connectivity index (χ4n) is 3.32. The Labute approximate surface area is 157 Å². The van der Waals surface area contributed by atoms with Crippen molar-refractivity contribution in [2.75, 3.05) is 26.2 Å². The first-order chi connectivity index (χ1) is 12.3. The molecule has 26 heavy (non-hydrogen) atoms. The molecule has 1 saturated heterocycles. The first kappa shape index (κ1) is 20.4. The summed E-state index contributed by atoms with van der Waals surface area (Å²) in [6.07, 6.45) is 0. The van der Waals surface area contributed by atoms with Crippen LogP contribution < -0.4 is 5.32 Å². The standard InChI is InChI=1S/C21H33N3O2/c1-15(2)19-8-6-18(7-9-19)14-23-10-12-24(13-11-23)21(26)20(16(3)4)22-17(5)25/h6-9,15-16,20H,10-14H2,1-5H3,(H,22,25)/t20-/m0/s1. The molecule has 1 aliphatic rings. The third-order valence-corrected chi connectivity index (χ3v) is 5.03. The molecule has 0 unspecified atom stereocenters. The summed E-state index contributed by atoms with van der Waals surface area (Å²) in [6.45, 7) is 13.9. The lowest BCUT2D eigenvalue weighted by Crippen LogP contribution is -2.56. The molecule has 2 rings (SSSR count). The van der Waals surface area contributed by atoms with Crippen molar-refractivity contribution in [3.8, 4) is 0 Å². The quantitative estimate of drug-likeness (QED) is 0.849. The fourth-order valence-corrected chi connectivity index (χ4v) is 3.32. The third kappa shape index (κ3) is 5.56. The smallest absolute Gasteiger partial charge is 0.245 e. The van der Waals surface area contributed by atoms with Gasteiger partial charge in [-0.05, 0) is 23.0 Å². The van der Waals surface area contributed by atoms with E-state index >= 15 is 0 Å². The Kier molecular flexibility index (Phi) is 7.21. The highest BCUT2D eigenvalue weighted by atomic mass is 16.2. The molecule has 0 saturated carbocycles. The Morgan fingerprint density at radius 1 is 1.00 bits per heavy atom. The Balaban J connectivity index is 1.87.